The highest BCUT2D eigenvalue weighted by Gasteiger charge is 2.11. The summed E-state index contributed by atoms with van der Waals surface area (Å²) in [6.07, 6.45) is 0.521. The quantitative estimate of drug-likeness (QED) is 0.481. The molecule has 0 bridgehead atoms. The van der Waals surface area contributed by atoms with Crippen LogP contribution in [-0.2, 0) is 11.3 Å². The molecule has 26 heavy (non-hydrogen) atoms. The Morgan fingerprint density at radius 1 is 0.962 bits per heavy atom. The molecule has 0 amide bonds. The molecule has 3 aromatic rings. The van der Waals surface area contributed by atoms with E-state index in [0.29, 0.717) is 23.5 Å². The molecule has 0 radical (unpaired) electrons. The van der Waals surface area contributed by atoms with Crippen molar-refractivity contribution in [1.29, 1.82) is 0 Å². The molecule has 0 aliphatic carbocycles. The topological polar surface area (TPSA) is 44.8 Å². The molecule has 0 aliphatic heterocycles. The van der Waals surface area contributed by atoms with Gasteiger partial charge < -0.3 is 4.74 Å². The van der Waals surface area contributed by atoms with E-state index in [4.69, 9.17) is 14.5 Å². The van der Waals surface area contributed by atoms with E-state index in [0.717, 1.165) is 11.1 Å². The lowest BCUT2D eigenvalue weighted by Crippen LogP contribution is -2.08. The molecule has 5 heteroatoms. The standard InChI is InChI=1S/C21H17FO4/c1-24-20-12-11-19(25-26-21(23)16-5-3-2-4-6-16)14-17(20)13-15-7-9-18(22)10-8-15/h2-12,14H,13H2,1H3. The Hall–Kier alpha value is -3.34. The fraction of sp³-hybridized carbons (Fsp3) is 0.0952. The van der Waals surface area contributed by atoms with Gasteiger partial charge >= 0.3 is 5.97 Å². The lowest BCUT2D eigenvalue weighted by molar-refractivity contribution is -0.149. The second-order valence-corrected chi connectivity index (χ2v) is 5.60. The zero-order valence-corrected chi connectivity index (χ0v) is 14.1. The Kier molecular flexibility index (Phi) is 5.49. The van der Waals surface area contributed by atoms with Crippen LogP contribution >= 0.6 is 0 Å². The number of carbonyl (C=O) groups excluding carboxylic acids is 1. The van der Waals surface area contributed by atoms with Crippen LogP contribution in [0.1, 0.15) is 21.5 Å². The molecule has 0 atom stereocenters. The minimum absolute atomic E-state index is 0.286. The molecule has 4 nitrogen and oxygen atoms in total. The van der Waals surface area contributed by atoms with Crippen molar-refractivity contribution in [3.8, 4) is 11.5 Å². The van der Waals surface area contributed by atoms with Gasteiger partial charge in [0.25, 0.3) is 0 Å². The summed E-state index contributed by atoms with van der Waals surface area (Å²) in [5.41, 5.74) is 2.14. The van der Waals surface area contributed by atoms with Gasteiger partial charge in [-0.2, -0.15) is 0 Å². The molecule has 0 saturated heterocycles. The third-order valence-electron chi connectivity index (χ3n) is 3.78. The van der Waals surface area contributed by atoms with E-state index < -0.39 is 5.97 Å². The zero-order chi connectivity index (χ0) is 18.4. The van der Waals surface area contributed by atoms with Gasteiger partial charge in [0, 0.05) is 12.0 Å². The lowest BCUT2D eigenvalue weighted by Gasteiger charge is -2.11. The maximum atomic E-state index is 13.1. The molecule has 0 fully saturated rings. The van der Waals surface area contributed by atoms with E-state index in [1.165, 1.54) is 12.1 Å². The van der Waals surface area contributed by atoms with Gasteiger partial charge in [0.15, 0.2) is 5.75 Å². The van der Waals surface area contributed by atoms with Gasteiger partial charge in [0.2, 0.25) is 0 Å². The molecular formula is C21H17FO4. The summed E-state index contributed by atoms with van der Waals surface area (Å²) >= 11 is 0. The number of ether oxygens (including phenoxy) is 1. The van der Waals surface area contributed by atoms with Crippen molar-refractivity contribution in [2.24, 2.45) is 0 Å². The molecule has 0 aliphatic rings. The van der Waals surface area contributed by atoms with Gasteiger partial charge in [-0.25, -0.2) is 14.1 Å². The summed E-state index contributed by atoms with van der Waals surface area (Å²) in [7, 11) is 1.57. The number of methoxy groups -OCH3 is 1. The number of hydrogen-bond donors (Lipinski definition) is 0. The number of rotatable bonds is 6. The van der Waals surface area contributed by atoms with Crippen LogP contribution in [0.25, 0.3) is 0 Å². The summed E-state index contributed by atoms with van der Waals surface area (Å²) < 4.78 is 18.4. The van der Waals surface area contributed by atoms with Crippen molar-refractivity contribution in [3.63, 3.8) is 0 Å². The highest BCUT2D eigenvalue weighted by Crippen LogP contribution is 2.27. The van der Waals surface area contributed by atoms with Crippen LogP contribution in [0.5, 0.6) is 11.5 Å². The smallest absolute Gasteiger partial charge is 0.386 e. The third kappa shape index (κ3) is 4.39. The normalized spacial score (nSPS) is 10.2. The first-order chi connectivity index (χ1) is 12.7. The summed E-state index contributed by atoms with van der Waals surface area (Å²) in [5, 5.41) is 0. The monoisotopic (exact) mass is 352 g/mol. The summed E-state index contributed by atoms with van der Waals surface area (Å²) in [6, 6.07) is 19.9. The van der Waals surface area contributed by atoms with Crippen molar-refractivity contribution in [2.75, 3.05) is 7.11 Å². The van der Waals surface area contributed by atoms with E-state index >= 15 is 0 Å². The maximum Gasteiger partial charge on any atom is 0.386 e. The molecular weight excluding hydrogens is 335 g/mol. The minimum Gasteiger partial charge on any atom is -0.496 e. The van der Waals surface area contributed by atoms with Crippen LogP contribution in [0.4, 0.5) is 4.39 Å². The Morgan fingerprint density at radius 2 is 1.69 bits per heavy atom. The van der Waals surface area contributed by atoms with Crippen molar-refractivity contribution in [1.82, 2.24) is 0 Å². The number of hydrogen-bond acceptors (Lipinski definition) is 4. The van der Waals surface area contributed by atoms with E-state index in [9.17, 15) is 9.18 Å². The van der Waals surface area contributed by atoms with Gasteiger partial charge in [-0.15, -0.1) is 0 Å². The van der Waals surface area contributed by atoms with Crippen LogP contribution in [-0.4, -0.2) is 13.1 Å². The second-order valence-electron chi connectivity index (χ2n) is 5.60. The van der Waals surface area contributed by atoms with Crippen LogP contribution in [0.15, 0.2) is 72.8 Å². The van der Waals surface area contributed by atoms with Crippen molar-refractivity contribution in [3.05, 3.63) is 95.3 Å². The summed E-state index contributed by atoms with van der Waals surface area (Å²) in [5.74, 6) is 0.162. The molecule has 0 saturated carbocycles. The molecule has 0 unspecified atom stereocenters. The Morgan fingerprint density at radius 3 is 2.38 bits per heavy atom. The first-order valence-corrected chi connectivity index (χ1v) is 8.01. The van der Waals surface area contributed by atoms with Gasteiger partial charge in [0.05, 0.1) is 12.7 Å². The fourth-order valence-corrected chi connectivity index (χ4v) is 2.48. The lowest BCUT2D eigenvalue weighted by atomic mass is 10.0. The van der Waals surface area contributed by atoms with Crippen molar-refractivity contribution < 1.29 is 23.7 Å². The molecule has 132 valence electrons. The zero-order valence-electron chi connectivity index (χ0n) is 14.1. The number of halogens is 1. The fourth-order valence-electron chi connectivity index (χ4n) is 2.48. The van der Waals surface area contributed by atoms with E-state index in [-0.39, 0.29) is 5.82 Å². The average molecular weight is 352 g/mol. The van der Waals surface area contributed by atoms with Gasteiger partial charge in [-0.3, -0.25) is 4.89 Å². The van der Waals surface area contributed by atoms with Crippen LogP contribution in [0.2, 0.25) is 0 Å². The highest BCUT2D eigenvalue weighted by atomic mass is 19.1. The molecule has 0 aromatic heterocycles. The van der Waals surface area contributed by atoms with E-state index in [2.05, 4.69) is 0 Å². The summed E-state index contributed by atoms with van der Waals surface area (Å²) in [4.78, 5) is 22.0. The summed E-state index contributed by atoms with van der Waals surface area (Å²) in [6.45, 7) is 0. The third-order valence-corrected chi connectivity index (χ3v) is 3.78. The van der Waals surface area contributed by atoms with Crippen molar-refractivity contribution >= 4 is 5.97 Å². The van der Waals surface area contributed by atoms with Gasteiger partial charge in [-0.1, -0.05) is 30.3 Å². The molecule has 3 rings (SSSR count). The van der Waals surface area contributed by atoms with E-state index in [1.54, 1.807) is 61.7 Å². The predicted molar refractivity (Wildman–Crippen MR) is 94.7 cm³/mol. The Balaban J connectivity index is 1.72. The SMILES string of the molecule is COc1ccc(OOC(=O)c2ccccc2)cc1Cc1ccc(F)cc1. The molecule has 0 heterocycles. The first-order valence-electron chi connectivity index (χ1n) is 8.01. The van der Waals surface area contributed by atoms with Crippen LogP contribution < -0.4 is 9.62 Å². The Labute approximate surface area is 150 Å². The van der Waals surface area contributed by atoms with Crippen molar-refractivity contribution in [2.45, 2.75) is 6.42 Å². The largest absolute Gasteiger partial charge is 0.496 e. The molecule has 0 N–H and O–H groups in total. The van der Waals surface area contributed by atoms with Gasteiger partial charge in [0.1, 0.15) is 11.6 Å². The number of benzene rings is 3. The van der Waals surface area contributed by atoms with Crippen LogP contribution in [0.3, 0.4) is 0 Å². The Bertz CT molecular complexity index is 876. The first kappa shape index (κ1) is 17.5. The minimum atomic E-state index is -0.582. The highest BCUT2D eigenvalue weighted by molar-refractivity contribution is 5.88. The maximum absolute atomic E-state index is 13.1. The van der Waals surface area contributed by atoms with Crippen LogP contribution in [0, 0.1) is 5.82 Å². The molecule has 3 aromatic carbocycles. The van der Waals surface area contributed by atoms with Gasteiger partial charge in [-0.05, 0) is 48.0 Å². The van der Waals surface area contributed by atoms with E-state index in [1.807, 2.05) is 6.07 Å². The molecule has 0 spiro atoms. The number of carbonyl (C=O) groups is 1. The predicted octanol–water partition coefficient (Wildman–Crippen LogP) is 4.58. The average Bonchev–Trinajstić information content (AvgIpc) is 2.68. The second kappa shape index (κ2) is 8.16.